The second-order valence-corrected chi connectivity index (χ2v) is 7.47. The third-order valence-corrected chi connectivity index (χ3v) is 5.84. The Morgan fingerprint density at radius 3 is 2.57 bits per heavy atom. The molecule has 8 heteroatoms. The second kappa shape index (κ2) is 5.61. The molecule has 116 valence electrons. The molecule has 0 spiro atoms. The third-order valence-electron chi connectivity index (χ3n) is 3.86. The summed E-state index contributed by atoms with van der Waals surface area (Å²) in [5.74, 6) is 0.298. The van der Waals surface area contributed by atoms with E-state index in [0.717, 1.165) is 18.9 Å². The van der Waals surface area contributed by atoms with Crippen LogP contribution in [0.1, 0.15) is 26.7 Å². The molecule has 0 radical (unpaired) electrons. The molecule has 1 aliphatic rings. The summed E-state index contributed by atoms with van der Waals surface area (Å²) in [6.07, 6.45) is 1.80. The number of nitrogen functional groups attached to an aromatic ring is 1. The van der Waals surface area contributed by atoms with Gasteiger partial charge in [0.25, 0.3) is 5.69 Å². The fourth-order valence-electron chi connectivity index (χ4n) is 2.58. The van der Waals surface area contributed by atoms with Crippen molar-refractivity contribution < 1.29 is 13.3 Å². The Bertz CT molecular complexity index is 659. The van der Waals surface area contributed by atoms with Gasteiger partial charge in [-0.25, -0.2) is 8.42 Å². The molecule has 0 aromatic heterocycles. The first-order chi connectivity index (χ1) is 9.73. The lowest BCUT2D eigenvalue weighted by Crippen LogP contribution is -2.44. The lowest BCUT2D eigenvalue weighted by Gasteiger charge is -2.35. The Kier molecular flexibility index (Phi) is 4.20. The van der Waals surface area contributed by atoms with Crippen LogP contribution in [0.4, 0.5) is 11.4 Å². The molecule has 1 aliphatic heterocycles. The molecule has 0 saturated carbocycles. The van der Waals surface area contributed by atoms with E-state index in [2.05, 4.69) is 0 Å². The number of hydrogen-bond acceptors (Lipinski definition) is 5. The van der Waals surface area contributed by atoms with E-state index in [0.29, 0.717) is 12.5 Å². The van der Waals surface area contributed by atoms with Gasteiger partial charge in [0, 0.05) is 18.7 Å². The number of anilines is 1. The number of rotatable bonds is 3. The number of benzene rings is 1. The lowest BCUT2D eigenvalue weighted by molar-refractivity contribution is -0.383. The van der Waals surface area contributed by atoms with E-state index in [1.165, 1.54) is 16.4 Å². The van der Waals surface area contributed by atoms with Crippen LogP contribution in [0.25, 0.3) is 0 Å². The van der Waals surface area contributed by atoms with Crippen molar-refractivity contribution in [3.05, 3.63) is 28.3 Å². The van der Waals surface area contributed by atoms with Crippen LogP contribution in [0.5, 0.6) is 0 Å². The molecular formula is C13H19N3O4S. The Morgan fingerprint density at radius 2 is 2.00 bits per heavy atom. The quantitative estimate of drug-likeness (QED) is 0.521. The fourth-order valence-corrected chi connectivity index (χ4v) is 4.39. The minimum absolute atomic E-state index is 0.00606. The molecule has 2 unspecified atom stereocenters. The van der Waals surface area contributed by atoms with Crippen molar-refractivity contribution >= 4 is 21.4 Å². The topological polar surface area (TPSA) is 107 Å². The number of piperidine rings is 1. The average Bonchev–Trinajstić information content (AvgIpc) is 2.40. The summed E-state index contributed by atoms with van der Waals surface area (Å²) in [5, 5.41) is 10.7. The Hall–Kier alpha value is -1.67. The smallest absolute Gasteiger partial charge is 0.292 e. The minimum Gasteiger partial charge on any atom is -0.393 e. The van der Waals surface area contributed by atoms with E-state index < -0.39 is 14.9 Å². The summed E-state index contributed by atoms with van der Waals surface area (Å²) in [6, 6.07) is 3.47. The van der Waals surface area contributed by atoms with Gasteiger partial charge < -0.3 is 5.73 Å². The van der Waals surface area contributed by atoms with E-state index in [4.69, 9.17) is 5.73 Å². The summed E-state index contributed by atoms with van der Waals surface area (Å²) in [7, 11) is -3.68. The standard InChI is InChI=1S/C13H19N3O4S/c1-9-3-4-10(2)15(8-9)21(19,20)11-5-6-13(16(17)18)12(14)7-11/h5-7,9-10H,3-4,8,14H2,1-2H3. The van der Waals surface area contributed by atoms with Crippen LogP contribution < -0.4 is 5.73 Å². The zero-order valence-corrected chi connectivity index (χ0v) is 12.8. The minimum atomic E-state index is -3.68. The number of nitrogens with two attached hydrogens (primary N) is 1. The first-order valence-electron chi connectivity index (χ1n) is 6.79. The van der Waals surface area contributed by atoms with Crippen molar-refractivity contribution in [2.24, 2.45) is 5.92 Å². The van der Waals surface area contributed by atoms with Crippen LogP contribution >= 0.6 is 0 Å². The number of nitrogens with zero attached hydrogens (tertiary/aromatic N) is 2. The molecule has 1 heterocycles. The van der Waals surface area contributed by atoms with Gasteiger partial charge in [0.15, 0.2) is 0 Å². The normalized spacial score (nSPS) is 23.9. The monoisotopic (exact) mass is 313 g/mol. The maximum absolute atomic E-state index is 12.7. The molecule has 2 rings (SSSR count). The van der Waals surface area contributed by atoms with E-state index in [-0.39, 0.29) is 22.3 Å². The van der Waals surface area contributed by atoms with Crippen LogP contribution in [-0.2, 0) is 10.0 Å². The third kappa shape index (κ3) is 3.01. The number of nitro benzene ring substituents is 1. The van der Waals surface area contributed by atoms with Gasteiger partial charge in [0.05, 0.1) is 9.82 Å². The lowest BCUT2D eigenvalue weighted by atomic mass is 9.97. The van der Waals surface area contributed by atoms with Gasteiger partial charge in [-0.15, -0.1) is 0 Å². The van der Waals surface area contributed by atoms with Gasteiger partial charge in [-0.2, -0.15) is 4.31 Å². The van der Waals surface area contributed by atoms with Crippen molar-refractivity contribution in [1.29, 1.82) is 0 Å². The van der Waals surface area contributed by atoms with Crippen LogP contribution in [0.3, 0.4) is 0 Å². The van der Waals surface area contributed by atoms with Crippen molar-refractivity contribution in [2.45, 2.75) is 37.6 Å². The largest absolute Gasteiger partial charge is 0.393 e. The predicted molar refractivity (Wildman–Crippen MR) is 79.3 cm³/mol. The molecule has 1 fully saturated rings. The second-order valence-electron chi connectivity index (χ2n) is 5.58. The molecule has 2 atom stereocenters. The average molecular weight is 313 g/mol. The highest BCUT2D eigenvalue weighted by Gasteiger charge is 2.34. The van der Waals surface area contributed by atoms with E-state index in [1.807, 2.05) is 13.8 Å². The maximum atomic E-state index is 12.7. The summed E-state index contributed by atoms with van der Waals surface area (Å²) >= 11 is 0. The highest BCUT2D eigenvalue weighted by atomic mass is 32.2. The molecular weight excluding hydrogens is 294 g/mol. The van der Waals surface area contributed by atoms with Crippen LogP contribution in [0.15, 0.2) is 23.1 Å². The van der Waals surface area contributed by atoms with Gasteiger partial charge in [0.1, 0.15) is 5.69 Å². The zero-order chi connectivity index (χ0) is 15.8. The van der Waals surface area contributed by atoms with Crippen LogP contribution in [0.2, 0.25) is 0 Å². The molecule has 0 aliphatic carbocycles. The zero-order valence-electron chi connectivity index (χ0n) is 12.0. The van der Waals surface area contributed by atoms with E-state index in [1.54, 1.807) is 0 Å². The molecule has 21 heavy (non-hydrogen) atoms. The molecule has 0 bridgehead atoms. The molecule has 2 N–H and O–H groups in total. The fraction of sp³-hybridized carbons (Fsp3) is 0.538. The molecule has 1 aromatic rings. The summed E-state index contributed by atoms with van der Waals surface area (Å²) in [6.45, 7) is 4.34. The van der Waals surface area contributed by atoms with Gasteiger partial charge in [-0.3, -0.25) is 10.1 Å². The highest BCUT2D eigenvalue weighted by molar-refractivity contribution is 7.89. The predicted octanol–water partition coefficient (Wildman–Crippen LogP) is 1.99. The maximum Gasteiger partial charge on any atom is 0.292 e. The van der Waals surface area contributed by atoms with E-state index in [9.17, 15) is 18.5 Å². The van der Waals surface area contributed by atoms with Crippen molar-refractivity contribution in [1.82, 2.24) is 4.31 Å². The molecule has 0 amide bonds. The SMILES string of the molecule is CC1CCC(C)N(S(=O)(=O)c2ccc([N+](=O)[O-])c(N)c2)C1. The first-order valence-corrected chi connectivity index (χ1v) is 8.23. The van der Waals surface area contributed by atoms with Crippen molar-refractivity contribution in [2.75, 3.05) is 12.3 Å². The van der Waals surface area contributed by atoms with Crippen molar-refractivity contribution in [3.8, 4) is 0 Å². The molecule has 1 aromatic carbocycles. The summed E-state index contributed by atoms with van der Waals surface area (Å²) in [4.78, 5) is 10.1. The Morgan fingerprint density at radius 1 is 1.33 bits per heavy atom. The Labute approximate surface area is 123 Å². The summed E-state index contributed by atoms with van der Waals surface area (Å²) in [5.41, 5.74) is 5.16. The van der Waals surface area contributed by atoms with Gasteiger partial charge in [0.2, 0.25) is 10.0 Å². The van der Waals surface area contributed by atoms with Crippen LogP contribution in [-0.4, -0.2) is 30.2 Å². The molecule has 1 saturated heterocycles. The molecule has 7 nitrogen and oxygen atoms in total. The van der Waals surface area contributed by atoms with Gasteiger partial charge in [-0.05, 0) is 37.8 Å². The van der Waals surface area contributed by atoms with Gasteiger partial charge in [-0.1, -0.05) is 6.92 Å². The summed E-state index contributed by atoms with van der Waals surface area (Å²) < 4.78 is 26.8. The Balaban J connectivity index is 2.39. The van der Waals surface area contributed by atoms with Crippen LogP contribution in [0, 0.1) is 16.0 Å². The van der Waals surface area contributed by atoms with E-state index >= 15 is 0 Å². The number of sulfonamides is 1. The first kappa shape index (κ1) is 15.7. The highest BCUT2D eigenvalue weighted by Crippen LogP contribution is 2.30. The number of hydrogen-bond donors (Lipinski definition) is 1. The van der Waals surface area contributed by atoms with Gasteiger partial charge >= 0.3 is 0 Å². The number of nitro groups is 1. The van der Waals surface area contributed by atoms with Crippen molar-refractivity contribution in [3.63, 3.8) is 0 Å².